The lowest BCUT2D eigenvalue weighted by Crippen LogP contribution is -2.10. The third kappa shape index (κ3) is 2.24. The lowest BCUT2D eigenvalue weighted by Gasteiger charge is -2.00. The second-order valence-corrected chi connectivity index (χ2v) is 2.38. The second-order valence-electron chi connectivity index (χ2n) is 2.38. The molecule has 0 saturated heterocycles. The molecule has 0 spiro atoms. The molecule has 2 nitrogen and oxygen atoms in total. The molecule has 1 rings (SSSR count). The van der Waals surface area contributed by atoms with E-state index in [9.17, 15) is 4.39 Å². The van der Waals surface area contributed by atoms with Crippen molar-refractivity contribution in [1.82, 2.24) is 5.32 Å². The molecule has 0 unspecified atom stereocenters. The van der Waals surface area contributed by atoms with Crippen molar-refractivity contribution in [3.05, 3.63) is 35.6 Å². The molecule has 1 aromatic rings. The van der Waals surface area contributed by atoms with Crippen molar-refractivity contribution in [1.29, 1.82) is 5.26 Å². The highest BCUT2D eigenvalue weighted by molar-refractivity contribution is 5.17. The smallest absolute Gasteiger partial charge is 0.176 e. The van der Waals surface area contributed by atoms with Gasteiger partial charge in [-0.05, 0) is 18.1 Å². The first-order valence-corrected chi connectivity index (χ1v) is 3.70. The third-order valence-electron chi connectivity index (χ3n) is 1.56. The Bertz CT molecular complexity index is 291. The predicted octanol–water partition coefficient (Wildman–Crippen LogP) is 1.44. The van der Waals surface area contributed by atoms with Crippen molar-refractivity contribution in [3.63, 3.8) is 0 Å². The summed E-state index contributed by atoms with van der Waals surface area (Å²) in [6.07, 6.45) is 2.33. The number of benzene rings is 1. The summed E-state index contributed by atoms with van der Waals surface area (Å²) >= 11 is 0. The van der Waals surface area contributed by atoms with Gasteiger partial charge in [-0.15, -0.1) is 0 Å². The molecule has 0 bridgehead atoms. The first-order chi connectivity index (χ1) is 5.84. The van der Waals surface area contributed by atoms with Crippen LogP contribution in [0.25, 0.3) is 0 Å². The summed E-state index contributed by atoms with van der Waals surface area (Å²) in [5.74, 6) is -0.211. The Balaban J connectivity index is 2.53. The van der Waals surface area contributed by atoms with E-state index in [1.807, 2.05) is 0 Å². The van der Waals surface area contributed by atoms with Gasteiger partial charge in [0, 0.05) is 6.54 Å². The Morgan fingerprint density at radius 1 is 1.42 bits per heavy atom. The summed E-state index contributed by atoms with van der Waals surface area (Å²) in [7, 11) is 0. The van der Waals surface area contributed by atoms with E-state index in [0.717, 1.165) is 0 Å². The van der Waals surface area contributed by atoms with Crippen LogP contribution >= 0.6 is 0 Å². The maximum Gasteiger partial charge on any atom is 0.176 e. The van der Waals surface area contributed by atoms with Crippen molar-refractivity contribution in [2.75, 3.05) is 6.54 Å². The van der Waals surface area contributed by atoms with Crippen LogP contribution in [0.4, 0.5) is 4.39 Å². The van der Waals surface area contributed by atoms with E-state index >= 15 is 0 Å². The van der Waals surface area contributed by atoms with Crippen LogP contribution in [0.15, 0.2) is 24.3 Å². The molecule has 0 saturated carbocycles. The van der Waals surface area contributed by atoms with Gasteiger partial charge in [0.1, 0.15) is 5.82 Å². The molecule has 12 heavy (non-hydrogen) atoms. The van der Waals surface area contributed by atoms with E-state index in [1.165, 1.54) is 6.07 Å². The minimum atomic E-state index is -0.211. The summed E-state index contributed by atoms with van der Waals surface area (Å²) < 4.78 is 12.9. The molecule has 0 aliphatic carbocycles. The largest absolute Gasteiger partial charge is 0.324 e. The van der Waals surface area contributed by atoms with Crippen molar-refractivity contribution < 1.29 is 4.39 Å². The number of hydrogen-bond donors (Lipinski definition) is 1. The molecule has 0 aliphatic rings. The number of nitrogens with zero attached hydrogens (tertiary/aromatic N) is 1. The molecular weight excluding hydrogens is 154 g/mol. The highest BCUT2D eigenvalue weighted by atomic mass is 19.1. The zero-order valence-corrected chi connectivity index (χ0v) is 6.55. The van der Waals surface area contributed by atoms with Gasteiger partial charge in [-0.2, -0.15) is 5.26 Å². The van der Waals surface area contributed by atoms with Gasteiger partial charge in [0.05, 0.1) is 0 Å². The minimum Gasteiger partial charge on any atom is -0.324 e. The fraction of sp³-hybridized carbons (Fsp3) is 0.222. The van der Waals surface area contributed by atoms with Crippen LogP contribution in [0.3, 0.4) is 0 Å². The van der Waals surface area contributed by atoms with Crippen molar-refractivity contribution in [3.8, 4) is 6.19 Å². The van der Waals surface area contributed by atoms with Crippen molar-refractivity contribution >= 4 is 0 Å². The highest BCUT2D eigenvalue weighted by Crippen LogP contribution is 2.05. The van der Waals surface area contributed by atoms with Gasteiger partial charge in [0.15, 0.2) is 6.19 Å². The zero-order valence-electron chi connectivity index (χ0n) is 6.55. The monoisotopic (exact) mass is 163 g/mol. The lowest BCUT2D eigenvalue weighted by atomic mass is 10.1. The second kappa shape index (κ2) is 4.35. The SMILES string of the molecule is N#[11C]NCCc1ccccc1F. The number of nitrogens with one attached hydrogen (secondary N) is 1. The summed E-state index contributed by atoms with van der Waals surface area (Å²) in [6.45, 7) is 0.484. The third-order valence-corrected chi connectivity index (χ3v) is 1.56. The number of halogens is 1. The standard InChI is InChI=1S/C9H9FN2/c10-9-4-2-1-3-8(9)5-6-12-7-11/h1-4,12H,5-6H2/i7-1. The number of nitriles is 1. The van der Waals surface area contributed by atoms with Gasteiger partial charge in [-0.3, -0.25) is 0 Å². The lowest BCUT2D eigenvalue weighted by molar-refractivity contribution is 0.607. The Hall–Kier alpha value is -1.56. The Kier molecular flexibility index (Phi) is 3.09. The van der Waals surface area contributed by atoms with Gasteiger partial charge >= 0.3 is 0 Å². The molecule has 0 amide bonds. The topological polar surface area (TPSA) is 35.8 Å². The van der Waals surface area contributed by atoms with E-state index < -0.39 is 0 Å². The van der Waals surface area contributed by atoms with Crippen LogP contribution in [0.1, 0.15) is 5.56 Å². The molecule has 1 N–H and O–H groups in total. The molecule has 62 valence electrons. The first-order valence-electron chi connectivity index (χ1n) is 3.70. The number of rotatable bonds is 3. The van der Waals surface area contributed by atoms with Crippen LogP contribution in [-0.4, -0.2) is 6.54 Å². The minimum absolute atomic E-state index is 0.211. The highest BCUT2D eigenvalue weighted by Gasteiger charge is 1.98. The Morgan fingerprint density at radius 2 is 2.17 bits per heavy atom. The van der Waals surface area contributed by atoms with Crippen LogP contribution in [0.2, 0.25) is 0 Å². The molecule has 1 aromatic carbocycles. The van der Waals surface area contributed by atoms with Gasteiger partial charge in [-0.1, -0.05) is 18.2 Å². The molecule has 0 atom stereocenters. The van der Waals surface area contributed by atoms with E-state index in [0.29, 0.717) is 18.5 Å². The maximum atomic E-state index is 12.9. The van der Waals surface area contributed by atoms with Crippen molar-refractivity contribution in [2.24, 2.45) is 0 Å². The predicted molar refractivity (Wildman–Crippen MR) is 43.7 cm³/mol. The van der Waals surface area contributed by atoms with Gasteiger partial charge < -0.3 is 5.32 Å². The summed E-state index contributed by atoms with van der Waals surface area (Å²) in [4.78, 5) is 0. The van der Waals surface area contributed by atoms with Crippen LogP contribution in [-0.2, 0) is 6.42 Å². The van der Waals surface area contributed by atoms with E-state index in [-0.39, 0.29) is 5.82 Å². The molecule has 0 radical (unpaired) electrons. The van der Waals surface area contributed by atoms with E-state index in [2.05, 4.69) is 5.32 Å². The first kappa shape index (κ1) is 8.54. The summed E-state index contributed by atoms with van der Waals surface area (Å²) in [5, 5.41) is 10.6. The molecule has 0 heterocycles. The van der Waals surface area contributed by atoms with Gasteiger partial charge in [0.2, 0.25) is 0 Å². The fourth-order valence-electron chi connectivity index (χ4n) is 0.954. The maximum absolute atomic E-state index is 12.9. The van der Waals surface area contributed by atoms with Crippen LogP contribution in [0.5, 0.6) is 0 Å². The van der Waals surface area contributed by atoms with E-state index in [1.54, 1.807) is 24.4 Å². The van der Waals surface area contributed by atoms with Crippen molar-refractivity contribution in [2.45, 2.75) is 6.42 Å². The average molecular weight is 163 g/mol. The fourth-order valence-corrected chi connectivity index (χ4v) is 0.954. The summed E-state index contributed by atoms with van der Waals surface area (Å²) in [6, 6.07) is 6.57. The zero-order chi connectivity index (χ0) is 8.81. The molecule has 0 aromatic heterocycles. The average Bonchev–Trinajstić information content (AvgIpc) is 2.09. The van der Waals surface area contributed by atoms with Crippen LogP contribution in [0, 0.1) is 17.3 Å². The quantitative estimate of drug-likeness (QED) is 0.415. The molecular formula is C9H9FN2. The van der Waals surface area contributed by atoms with E-state index in [4.69, 9.17) is 5.26 Å². The molecule has 0 fully saturated rings. The van der Waals surface area contributed by atoms with Gasteiger partial charge in [0.25, 0.3) is 0 Å². The van der Waals surface area contributed by atoms with Gasteiger partial charge in [-0.25, -0.2) is 4.39 Å². The summed E-state index contributed by atoms with van der Waals surface area (Å²) in [5.41, 5.74) is 0.639. The normalized spacial score (nSPS) is 9.00. The molecule has 3 heteroatoms. The Morgan fingerprint density at radius 3 is 2.83 bits per heavy atom. The Labute approximate surface area is 70.6 Å². The molecule has 0 aliphatic heterocycles. The number of hydrogen-bond acceptors (Lipinski definition) is 2. The van der Waals surface area contributed by atoms with Crippen LogP contribution < -0.4 is 5.32 Å².